The highest BCUT2D eigenvalue weighted by Crippen LogP contribution is 2.23. The third-order valence-corrected chi connectivity index (χ3v) is 3.59. The maximum absolute atomic E-state index is 12.5. The fourth-order valence-corrected chi connectivity index (χ4v) is 2.94. The minimum absolute atomic E-state index is 0.0515. The van der Waals surface area contributed by atoms with Crippen LogP contribution in [0.2, 0.25) is 0 Å². The minimum Gasteiger partial charge on any atom is -0.338 e. The topological polar surface area (TPSA) is 49.4 Å². The van der Waals surface area contributed by atoms with Crippen molar-refractivity contribution >= 4 is 17.5 Å². The molecule has 0 aromatic heterocycles. The molecule has 0 aliphatic carbocycles. The lowest BCUT2D eigenvalue weighted by molar-refractivity contribution is -0.114. The van der Waals surface area contributed by atoms with Gasteiger partial charge in [-0.15, -0.1) is 0 Å². The van der Waals surface area contributed by atoms with Gasteiger partial charge < -0.3 is 10.2 Å². The predicted octanol–water partition coefficient (Wildman–Crippen LogP) is 2.76. The minimum atomic E-state index is -0.130. The first-order valence-corrected chi connectivity index (χ1v) is 7.12. The quantitative estimate of drug-likeness (QED) is 0.901. The van der Waals surface area contributed by atoms with Gasteiger partial charge in [0.15, 0.2) is 0 Å². The summed E-state index contributed by atoms with van der Waals surface area (Å²) in [6, 6.07) is 7.14. The highest BCUT2D eigenvalue weighted by atomic mass is 16.2. The second-order valence-electron chi connectivity index (χ2n) is 5.92. The monoisotopic (exact) mass is 274 g/mol. The smallest absolute Gasteiger partial charge is 0.253 e. The molecule has 4 nitrogen and oxygen atoms in total. The number of hydrogen-bond donors (Lipinski definition) is 1. The number of rotatable bonds is 2. The fourth-order valence-electron chi connectivity index (χ4n) is 2.94. The summed E-state index contributed by atoms with van der Waals surface area (Å²) in [5.74, 6) is 1.01. The van der Waals surface area contributed by atoms with E-state index in [9.17, 15) is 9.59 Å². The van der Waals surface area contributed by atoms with Gasteiger partial charge in [0.05, 0.1) is 0 Å². The zero-order valence-electron chi connectivity index (χ0n) is 12.3. The molecule has 2 atom stereocenters. The number of carbonyl (C=O) groups excluding carboxylic acids is 2. The van der Waals surface area contributed by atoms with Crippen molar-refractivity contribution in [3.63, 3.8) is 0 Å². The highest BCUT2D eigenvalue weighted by Gasteiger charge is 2.26. The molecule has 1 aliphatic rings. The van der Waals surface area contributed by atoms with E-state index in [2.05, 4.69) is 19.2 Å². The van der Waals surface area contributed by atoms with Crippen LogP contribution in [0, 0.1) is 11.8 Å². The standard InChI is InChI=1S/C16H22N2O2/c1-11-7-12(2)10-18(9-11)16(20)14-5-4-6-15(8-14)17-13(3)19/h4-6,8,11-12H,7,9-10H2,1-3H3,(H,17,19). The number of likely N-dealkylation sites (tertiary alicyclic amines) is 1. The molecule has 0 bridgehead atoms. The van der Waals surface area contributed by atoms with Crippen LogP contribution in [0.5, 0.6) is 0 Å². The van der Waals surface area contributed by atoms with Gasteiger partial charge in [-0.05, 0) is 36.5 Å². The second kappa shape index (κ2) is 6.07. The van der Waals surface area contributed by atoms with Crippen molar-refractivity contribution in [2.75, 3.05) is 18.4 Å². The number of hydrogen-bond acceptors (Lipinski definition) is 2. The van der Waals surface area contributed by atoms with Crippen molar-refractivity contribution < 1.29 is 9.59 Å². The molecule has 0 saturated carbocycles. The van der Waals surface area contributed by atoms with E-state index in [1.807, 2.05) is 4.90 Å². The Morgan fingerprint density at radius 2 is 1.85 bits per heavy atom. The average Bonchev–Trinajstić information content (AvgIpc) is 2.36. The molecule has 4 heteroatoms. The van der Waals surface area contributed by atoms with E-state index in [-0.39, 0.29) is 11.8 Å². The van der Waals surface area contributed by atoms with E-state index in [1.54, 1.807) is 24.3 Å². The Kier molecular flexibility index (Phi) is 4.42. The van der Waals surface area contributed by atoms with E-state index in [0.717, 1.165) is 13.1 Å². The lowest BCUT2D eigenvalue weighted by atomic mass is 9.91. The lowest BCUT2D eigenvalue weighted by Gasteiger charge is -2.35. The van der Waals surface area contributed by atoms with Crippen molar-refractivity contribution in [1.29, 1.82) is 0 Å². The van der Waals surface area contributed by atoms with Gasteiger partial charge in [0.25, 0.3) is 5.91 Å². The van der Waals surface area contributed by atoms with Crippen molar-refractivity contribution in [2.45, 2.75) is 27.2 Å². The number of anilines is 1. The Balaban J connectivity index is 2.14. The molecule has 2 rings (SSSR count). The first-order valence-electron chi connectivity index (χ1n) is 7.12. The number of nitrogens with one attached hydrogen (secondary N) is 1. The molecule has 1 heterocycles. The number of amides is 2. The van der Waals surface area contributed by atoms with Gasteiger partial charge in [-0.1, -0.05) is 19.9 Å². The van der Waals surface area contributed by atoms with Gasteiger partial charge in [0.2, 0.25) is 5.91 Å². The summed E-state index contributed by atoms with van der Waals surface area (Å²) in [5.41, 5.74) is 1.30. The SMILES string of the molecule is CC(=O)Nc1cccc(C(=O)N2CC(C)CC(C)C2)c1. The van der Waals surface area contributed by atoms with Crippen LogP contribution in [-0.2, 0) is 4.79 Å². The second-order valence-corrected chi connectivity index (χ2v) is 5.92. The van der Waals surface area contributed by atoms with E-state index < -0.39 is 0 Å². The first-order chi connectivity index (χ1) is 9.45. The summed E-state index contributed by atoms with van der Waals surface area (Å²) in [7, 11) is 0. The van der Waals surface area contributed by atoms with Gasteiger partial charge in [-0.25, -0.2) is 0 Å². The molecular formula is C16H22N2O2. The van der Waals surface area contributed by atoms with Crippen LogP contribution in [-0.4, -0.2) is 29.8 Å². The Bertz CT molecular complexity index is 503. The molecule has 1 aromatic carbocycles. The molecule has 2 amide bonds. The highest BCUT2D eigenvalue weighted by molar-refractivity contribution is 5.96. The maximum Gasteiger partial charge on any atom is 0.253 e. The normalized spacial score (nSPS) is 22.4. The number of piperidine rings is 1. The average molecular weight is 274 g/mol. The summed E-state index contributed by atoms with van der Waals surface area (Å²) in [4.78, 5) is 25.5. The molecular weight excluding hydrogens is 252 g/mol. The molecule has 108 valence electrons. The molecule has 1 fully saturated rings. The number of carbonyl (C=O) groups is 2. The summed E-state index contributed by atoms with van der Waals surface area (Å²) in [6.07, 6.45) is 1.18. The third kappa shape index (κ3) is 3.59. The Morgan fingerprint density at radius 1 is 1.20 bits per heavy atom. The van der Waals surface area contributed by atoms with Crippen LogP contribution in [0.1, 0.15) is 37.6 Å². The van der Waals surface area contributed by atoms with Gasteiger partial charge in [-0.2, -0.15) is 0 Å². The third-order valence-electron chi connectivity index (χ3n) is 3.59. The molecule has 2 unspecified atom stereocenters. The maximum atomic E-state index is 12.5. The first kappa shape index (κ1) is 14.6. The number of benzene rings is 1. The Morgan fingerprint density at radius 3 is 2.45 bits per heavy atom. The molecule has 1 aromatic rings. The zero-order chi connectivity index (χ0) is 14.7. The van der Waals surface area contributed by atoms with Crippen molar-refractivity contribution in [2.24, 2.45) is 11.8 Å². The molecule has 1 aliphatic heterocycles. The molecule has 1 N–H and O–H groups in total. The molecule has 1 saturated heterocycles. The summed E-state index contributed by atoms with van der Waals surface area (Å²) >= 11 is 0. The molecule has 20 heavy (non-hydrogen) atoms. The van der Waals surface area contributed by atoms with Gasteiger partial charge in [0.1, 0.15) is 0 Å². The number of nitrogens with zero attached hydrogens (tertiary/aromatic N) is 1. The summed E-state index contributed by atoms with van der Waals surface area (Å²) in [6.45, 7) is 7.46. The lowest BCUT2D eigenvalue weighted by Crippen LogP contribution is -2.42. The van der Waals surface area contributed by atoms with Gasteiger partial charge >= 0.3 is 0 Å². The Labute approximate surface area is 120 Å². The van der Waals surface area contributed by atoms with E-state index >= 15 is 0 Å². The van der Waals surface area contributed by atoms with Crippen LogP contribution in [0.4, 0.5) is 5.69 Å². The van der Waals surface area contributed by atoms with Gasteiger partial charge in [-0.3, -0.25) is 9.59 Å². The zero-order valence-corrected chi connectivity index (χ0v) is 12.3. The fraction of sp³-hybridized carbons (Fsp3) is 0.500. The van der Waals surface area contributed by atoms with Crippen LogP contribution in [0.3, 0.4) is 0 Å². The predicted molar refractivity (Wildman–Crippen MR) is 79.6 cm³/mol. The van der Waals surface area contributed by atoms with Crippen LogP contribution in [0.15, 0.2) is 24.3 Å². The summed E-state index contributed by atoms with van der Waals surface area (Å²) in [5, 5.41) is 2.71. The molecule has 0 radical (unpaired) electrons. The van der Waals surface area contributed by atoms with Crippen molar-refractivity contribution in [1.82, 2.24) is 4.90 Å². The van der Waals surface area contributed by atoms with E-state index in [1.165, 1.54) is 13.3 Å². The van der Waals surface area contributed by atoms with Gasteiger partial charge in [0, 0.05) is 31.3 Å². The summed E-state index contributed by atoms with van der Waals surface area (Å²) < 4.78 is 0. The largest absolute Gasteiger partial charge is 0.338 e. The van der Waals surface area contributed by atoms with Crippen molar-refractivity contribution in [3.8, 4) is 0 Å². The van der Waals surface area contributed by atoms with Crippen LogP contribution in [0.25, 0.3) is 0 Å². The molecule has 0 spiro atoms. The Hall–Kier alpha value is -1.84. The van der Waals surface area contributed by atoms with Crippen molar-refractivity contribution in [3.05, 3.63) is 29.8 Å². The van der Waals surface area contributed by atoms with Crippen LogP contribution < -0.4 is 5.32 Å². The van der Waals surface area contributed by atoms with Crippen LogP contribution >= 0.6 is 0 Å². The van der Waals surface area contributed by atoms with E-state index in [4.69, 9.17) is 0 Å². The van der Waals surface area contributed by atoms with E-state index in [0.29, 0.717) is 23.1 Å².